The van der Waals surface area contributed by atoms with Crippen LogP contribution in [-0.4, -0.2) is 23.3 Å². The van der Waals surface area contributed by atoms with Gasteiger partial charge in [-0.3, -0.25) is 4.79 Å². The van der Waals surface area contributed by atoms with Crippen LogP contribution < -0.4 is 5.32 Å². The Kier molecular flexibility index (Phi) is 6.81. The third-order valence-electron chi connectivity index (χ3n) is 3.21. The summed E-state index contributed by atoms with van der Waals surface area (Å²) in [7, 11) is 0. The van der Waals surface area contributed by atoms with Gasteiger partial charge in [-0.25, -0.2) is 22.9 Å². The second-order valence-corrected chi connectivity index (χ2v) is 5.70. The number of nitrogens with zero attached hydrogens (tertiary/aromatic N) is 1. The van der Waals surface area contributed by atoms with Crippen LogP contribution in [0.4, 0.5) is 18.9 Å². The molecule has 1 aromatic carbocycles. The lowest BCUT2D eigenvalue weighted by Gasteiger charge is -2.10. The molecule has 0 unspecified atom stereocenters. The highest BCUT2D eigenvalue weighted by molar-refractivity contribution is 6.38. The van der Waals surface area contributed by atoms with Crippen LogP contribution in [0.2, 0.25) is 10.2 Å². The average Bonchev–Trinajstić information content (AvgIpc) is 2.61. The van der Waals surface area contributed by atoms with Crippen molar-refractivity contribution < 1.29 is 27.5 Å². The summed E-state index contributed by atoms with van der Waals surface area (Å²) < 4.78 is 45.2. The first-order valence-corrected chi connectivity index (χ1v) is 8.14. The summed E-state index contributed by atoms with van der Waals surface area (Å²) in [5.41, 5.74) is -1.26. The molecular weight excluding hydrogens is 408 g/mol. The fourth-order valence-corrected chi connectivity index (χ4v) is 2.34. The van der Waals surface area contributed by atoms with E-state index in [1.807, 2.05) is 0 Å². The molecule has 2 rings (SSSR count). The highest BCUT2D eigenvalue weighted by Gasteiger charge is 2.26. The molecule has 0 radical (unpaired) electrons. The number of rotatable bonds is 6. The van der Waals surface area contributed by atoms with Gasteiger partial charge in [0.25, 0.3) is 0 Å². The Bertz CT molecular complexity index is 936. The molecule has 142 valence electrons. The number of Topliss-reactive ketones (excluding diaryl/α,β-unsaturated/α-hetero) is 1. The first-order valence-electron chi connectivity index (χ1n) is 7.39. The van der Waals surface area contributed by atoms with Crippen LogP contribution in [0.1, 0.15) is 17.3 Å². The molecule has 0 saturated heterocycles. The van der Waals surface area contributed by atoms with Crippen LogP contribution in [0, 0.1) is 17.5 Å². The maximum absolute atomic E-state index is 13.8. The van der Waals surface area contributed by atoms with E-state index in [1.54, 1.807) is 0 Å². The van der Waals surface area contributed by atoms with Crippen molar-refractivity contribution in [1.82, 2.24) is 4.98 Å². The minimum atomic E-state index is -1.13. The fourth-order valence-electron chi connectivity index (χ4n) is 1.93. The number of hydrogen-bond acceptors (Lipinski definition) is 5. The van der Waals surface area contributed by atoms with Gasteiger partial charge in [-0.2, -0.15) is 0 Å². The summed E-state index contributed by atoms with van der Waals surface area (Å²) in [4.78, 5) is 28.2. The normalized spacial score (nSPS) is 11.3. The number of esters is 1. The third kappa shape index (κ3) is 4.78. The standard InChI is InChI=1S/C17H11Cl2F3N2O3/c1-2-27-17(26)10(7-23-12-4-3-8(20)5-11(12)21)15(25)9-6-24-16(19)14(22)13(9)18/h3-7,23H,2H2,1H3/b10-7-. The first-order chi connectivity index (χ1) is 12.8. The molecule has 1 aromatic heterocycles. The Morgan fingerprint density at radius 3 is 2.59 bits per heavy atom. The SMILES string of the molecule is CCOC(=O)/C(=C\Nc1ccc(F)cc1F)C(=O)c1cnc(Cl)c(F)c1Cl. The smallest absolute Gasteiger partial charge is 0.343 e. The van der Waals surface area contributed by atoms with Gasteiger partial charge in [0, 0.05) is 18.5 Å². The zero-order valence-corrected chi connectivity index (χ0v) is 15.2. The number of nitrogens with one attached hydrogen (secondary N) is 1. The number of carbonyl (C=O) groups excluding carboxylic acids is 2. The first kappa shape index (κ1) is 20.7. The van der Waals surface area contributed by atoms with Gasteiger partial charge in [-0.1, -0.05) is 23.2 Å². The van der Waals surface area contributed by atoms with E-state index < -0.39 is 50.5 Å². The topological polar surface area (TPSA) is 68.3 Å². The van der Waals surface area contributed by atoms with Crippen LogP contribution in [0.3, 0.4) is 0 Å². The lowest BCUT2D eigenvalue weighted by molar-refractivity contribution is -0.138. The number of halogens is 5. The van der Waals surface area contributed by atoms with Crippen molar-refractivity contribution in [3.63, 3.8) is 0 Å². The fraction of sp³-hybridized carbons (Fsp3) is 0.118. The van der Waals surface area contributed by atoms with Crippen LogP contribution >= 0.6 is 23.2 Å². The summed E-state index contributed by atoms with van der Waals surface area (Å²) in [5.74, 6) is -5.00. The third-order valence-corrected chi connectivity index (χ3v) is 3.84. The second kappa shape index (κ2) is 8.88. The van der Waals surface area contributed by atoms with Crippen LogP contribution in [0.15, 0.2) is 36.2 Å². The zero-order chi connectivity index (χ0) is 20.1. The van der Waals surface area contributed by atoms with Gasteiger partial charge in [-0.15, -0.1) is 0 Å². The van der Waals surface area contributed by atoms with Crippen molar-refractivity contribution in [3.05, 3.63) is 69.4 Å². The molecule has 1 N–H and O–H groups in total. The molecule has 0 fully saturated rings. The molecule has 5 nitrogen and oxygen atoms in total. The van der Waals surface area contributed by atoms with Crippen molar-refractivity contribution in [2.45, 2.75) is 6.92 Å². The quantitative estimate of drug-likeness (QED) is 0.186. The summed E-state index contributed by atoms with van der Waals surface area (Å²) in [6.45, 7) is 1.44. The lowest BCUT2D eigenvalue weighted by Crippen LogP contribution is -2.18. The van der Waals surface area contributed by atoms with E-state index in [0.717, 1.165) is 24.5 Å². The van der Waals surface area contributed by atoms with E-state index in [-0.39, 0.29) is 12.3 Å². The van der Waals surface area contributed by atoms with Gasteiger partial charge < -0.3 is 10.1 Å². The highest BCUT2D eigenvalue weighted by atomic mass is 35.5. The van der Waals surface area contributed by atoms with Crippen molar-refractivity contribution in [3.8, 4) is 0 Å². The minimum Gasteiger partial charge on any atom is -0.462 e. The van der Waals surface area contributed by atoms with E-state index in [9.17, 15) is 22.8 Å². The molecule has 0 aliphatic rings. The number of benzene rings is 1. The number of aromatic nitrogens is 1. The Labute approximate surface area is 161 Å². The van der Waals surface area contributed by atoms with E-state index >= 15 is 0 Å². The predicted molar refractivity (Wildman–Crippen MR) is 93.2 cm³/mol. The van der Waals surface area contributed by atoms with Crippen LogP contribution in [0.5, 0.6) is 0 Å². The van der Waals surface area contributed by atoms with Crippen molar-refractivity contribution in [2.24, 2.45) is 0 Å². The Balaban J connectivity index is 2.43. The molecule has 27 heavy (non-hydrogen) atoms. The molecule has 0 aliphatic heterocycles. The summed E-state index contributed by atoms with van der Waals surface area (Å²) in [5, 5.41) is 1.18. The van der Waals surface area contributed by atoms with E-state index in [1.165, 1.54) is 6.92 Å². The van der Waals surface area contributed by atoms with E-state index in [0.29, 0.717) is 6.07 Å². The Morgan fingerprint density at radius 2 is 1.96 bits per heavy atom. The number of carbonyl (C=O) groups is 2. The molecule has 0 aliphatic carbocycles. The van der Waals surface area contributed by atoms with Gasteiger partial charge >= 0.3 is 5.97 Å². The maximum atomic E-state index is 13.8. The number of pyridine rings is 1. The highest BCUT2D eigenvalue weighted by Crippen LogP contribution is 2.26. The maximum Gasteiger partial charge on any atom is 0.343 e. The largest absolute Gasteiger partial charge is 0.462 e. The number of anilines is 1. The number of ether oxygens (including phenoxy) is 1. The molecule has 2 aromatic rings. The average molecular weight is 419 g/mol. The molecule has 0 saturated carbocycles. The van der Waals surface area contributed by atoms with Gasteiger partial charge in [0.05, 0.1) is 22.9 Å². The van der Waals surface area contributed by atoms with Gasteiger partial charge in [0.2, 0.25) is 5.78 Å². The Hall–Kier alpha value is -2.58. The molecule has 0 amide bonds. The predicted octanol–water partition coefficient (Wildman–Crippen LogP) is 4.55. The van der Waals surface area contributed by atoms with Gasteiger partial charge in [0.1, 0.15) is 17.2 Å². The summed E-state index contributed by atoms with van der Waals surface area (Å²) in [6, 6.07) is 2.64. The van der Waals surface area contributed by atoms with E-state index in [2.05, 4.69) is 10.3 Å². The number of ketones is 1. The zero-order valence-electron chi connectivity index (χ0n) is 13.7. The van der Waals surface area contributed by atoms with Gasteiger partial charge in [-0.05, 0) is 19.1 Å². The molecule has 10 heteroatoms. The van der Waals surface area contributed by atoms with E-state index in [4.69, 9.17) is 27.9 Å². The molecule has 0 atom stereocenters. The molecule has 0 spiro atoms. The van der Waals surface area contributed by atoms with Crippen molar-refractivity contribution in [1.29, 1.82) is 0 Å². The van der Waals surface area contributed by atoms with Gasteiger partial charge in [0.15, 0.2) is 11.0 Å². The summed E-state index contributed by atoms with van der Waals surface area (Å²) in [6.07, 6.45) is 1.74. The monoisotopic (exact) mass is 418 g/mol. The summed E-state index contributed by atoms with van der Waals surface area (Å²) >= 11 is 11.2. The molecule has 1 heterocycles. The van der Waals surface area contributed by atoms with Crippen LogP contribution in [-0.2, 0) is 9.53 Å². The lowest BCUT2D eigenvalue weighted by atomic mass is 10.1. The van der Waals surface area contributed by atoms with Crippen LogP contribution in [0.25, 0.3) is 0 Å². The molecular formula is C17H11Cl2F3N2O3. The second-order valence-electron chi connectivity index (χ2n) is 4.97. The molecule has 0 bridgehead atoms. The Morgan fingerprint density at radius 1 is 1.26 bits per heavy atom. The number of hydrogen-bond donors (Lipinski definition) is 1. The van der Waals surface area contributed by atoms with Crippen molar-refractivity contribution in [2.75, 3.05) is 11.9 Å². The minimum absolute atomic E-state index is 0.0602. The van der Waals surface area contributed by atoms with Crippen molar-refractivity contribution >= 4 is 40.6 Å².